The molecular weight excluding hydrogens is 320 g/mol. The fourth-order valence-corrected chi connectivity index (χ4v) is 6.63. The summed E-state index contributed by atoms with van der Waals surface area (Å²) in [4.78, 5) is 11.5. The number of carbonyl (C=O) groups is 1. The van der Waals surface area contributed by atoms with E-state index in [0.717, 1.165) is 37.7 Å². The van der Waals surface area contributed by atoms with Gasteiger partial charge in [-0.25, -0.2) is 0 Å². The van der Waals surface area contributed by atoms with Crippen LogP contribution in [0.1, 0.15) is 65.2 Å². The minimum atomic E-state index is -1.21. The molecule has 140 valence electrons. The van der Waals surface area contributed by atoms with Crippen LogP contribution in [0.25, 0.3) is 0 Å². The Hall–Kier alpha value is -0.910. The molecule has 0 spiro atoms. The van der Waals surface area contributed by atoms with Crippen molar-refractivity contribution in [1.29, 1.82) is 0 Å². The quantitative estimate of drug-likeness (QED) is 0.498. The van der Waals surface area contributed by atoms with Crippen LogP contribution in [0.4, 0.5) is 0 Å². The van der Waals surface area contributed by atoms with Gasteiger partial charge in [0.15, 0.2) is 0 Å². The third kappa shape index (κ3) is 2.28. The van der Waals surface area contributed by atoms with Gasteiger partial charge in [0.25, 0.3) is 0 Å². The highest BCUT2D eigenvalue weighted by Crippen LogP contribution is 2.64. The van der Waals surface area contributed by atoms with E-state index in [1.165, 1.54) is 6.92 Å². The van der Waals surface area contributed by atoms with Gasteiger partial charge in [-0.3, -0.25) is 4.79 Å². The Kier molecular flexibility index (Phi) is 3.88. The lowest BCUT2D eigenvalue weighted by molar-refractivity contribution is -0.234. The second-order valence-corrected chi connectivity index (χ2v) is 9.02. The highest BCUT2D eigenvalue weighted by Gasteiger charge is 2.67. The normalized spacial score (nSPS) is 51.8. The molecule has 0 aromatic heterocycles. The zero-order chi connectivity index (χ0) is 18.0. The SMILES string of the molecule is CC(=O)OC1CCC2C3CCC4=CC(O)CCC4(O)C3(O)CCC12C. The molecule has 0 aromatic carbocycles. The molecule has 0 radical (unpaired) electrons. The van der Waals surface area contributed by atoms with Gasteiger partial charge in [0, 0.05) is 12.3 Å². The van der Waals surface area contributed by atoms with Gasteiger partial charge >= 0.3 is 5.97 Å². The molecule has 3 saturated carbocycles. The fourth-order valence-electron chi connectivity index (χ4n) is 6.63. The highest BCUT2D eigenvalue weighted by atomic mass is 16.5. The lowest BCUT2D eigenvalue weighted by atomic mass is 9.48. The first-order valence-electron chi connectivity index (χ1n) is 9.72. The maximum absolute atomic E-state index is 11.7. The van der Waals surface area contributed by atoms with Gasteiger partial charge in [0.2, 0.25) is 0 Å². The van der Waals surface area contributed by atoms with Gasteiger partial charge in [-0.1, -0.05) is 13.0 Å². The van der Waals surface area contributed by atoms with E-state index >= 15 is 0 Å². The van der Waals surface area contributed by atoms with Gasteiger partial charge in [-0.05, 0) is 68.8 Å². The van der Waals surface area contributed by atoms with E-state index in [4.69, 9.17) is 4.74 Å². The zero-order valence-electron chi connectivity index (χ0n) is 15.2. The number of ether oxygens (including phenoxy) is 1. The number of aliphatic hydroxyl groups is 3. The van der Waals surface area contributed by atoms with Gasteiger partial charge in [-0.2, -0.15) is 0 Å². The summed E-state index contributed by atoms with van der Waals surface area (Å²) in [7, 11) is 0. The van der Waals surface area contributed by atoms with Crippen molar-refractivity contribution in [2.24, 2.45) is 17.3 Å². The smallest absolute Gasteiger partial charge is 0.302 e. The van der Waals surface area contributed by atoms with Gasteiger partial charge < -0.3 is 20.1 Å². The molecule has 0 aliphatic heterocycles. The number of fused-ring (bicyclic) bond motifs is 5. The number of carbonyl (C=O) groups excluding carboxylic acids is 1. The Morgan fingerprint density at radius 1 is 1.12 bits per heavy atom. The molecule has 5 heteroatoms. The van der Waals surface area contributed by atoms with Crippen molar-refractivity contribution < 1.29 is 24.9 Å². The van der Waals surface area contributed by atoms with E-state index in [2.05, 4.69) is 6.92 Å². The first kappa shape index (κ1) is 17.5. The topological polar surface area (TPSA) is 87.0 Å². The summed E-state index contributed by atoms with van der Waals surface area (Å²) in [5.41, 5.74) is -1.64. The summed E-state index contributed by atoms with van der Waals surface area (Å²) in [6, 6.07) is 0. The molecule has 0 aromatic rings. The summed E-state index contributed by atoms with van der Waals surface area (Å²) in [5, 5.41) is 33.1. The Bertz CT molecular complexity index is 615. The van der Waals surface area contributed by atoms with Crippen LogP contribution in [-0.2, 0) is 9.53 Å². The summed E-state index contributed by atoms with van der Waals surface area (Å²) >= 11 is 0. The summed E-state index contributed by atoms with van der Waals surface area (Å²) < 4.78 is 5.61. The number of hydrogen-bond donors (Lipinski definition) is 3. The molecule has 0 bridgehead atoms. The van der Waals surface area contributed by atoms with Crippen molar-refractivity contribution in [2.45, 2.75) is 88.6 Å². The van der Waals surface area contributed by atoms with Crippen molar-refractivity contribution in [1.82, 2.24) is 0 Å². The van der Waals surface area contributed by atoms with E-state index in [0.29, 0.717) is 19.3 Å². The number of aliphatic hydroxyl groups excluding tert-OH is 1. The highest BCUT2D eigenvalue weighted by molar-refractivity contribution is 5.66. The van der Waals surface area contributed by atoms with Crippen molar-refractivity contribution in [2.75, 3.05) is 0 Å². The van der Waals surface area contributed by atoms with Crippen LogP contribution in [0.5, 0.6) is 0 Å². The molecule has 0 saturated heterocycles. The van der Waals surface area contributed by atoms with E-state index in [-0.39, 0.29) is 29.3 Å². The molecule has 7 unspecified atom stereocenters. The van der Waals surface area contributed by atoms with Crippen molar-refractivity contribution in [3.8, 4) is 0 Å². The first-order chi connectivity index (χ1) is 11.7. The summed E-state index contributed by atoms with van der Waals surface area (Å²) in [5.74, 6) is 0.0405. The standard InChI is InChI=1S/C20H30O5/c1-12(21)25-17-6-5-15-16-4-3-13-11-14(22)7-8-19(13,23)20(16,24)10-9-18(15,17)2/h11,14-17,22-24H,3-10H2,1-2H3. The third-order valence-electron chi connectivity index (χ3n) is 7.94. The number of hydrogen-bond acceptors (Lipinski definition) is 5. The number of esters is 1. The molecular formula is C20H30O5. The van der Waals surface area contributed by atoms with Crippen LogP contribution in [0.3, 0.4) is 0 Å². The average molecular weight is 350 g/mol. The second-order valence-electron chi connectivity index (χ2n) is 9.02. The van der Waals surface area contributed by atoms with Crippen molar-refractivity contribution in [3.63, 3.8) is 0 Å². The van der Waals surface area contributed by atoms with E-state index in [1.54, 1.807) is 6.08 Å². The van der Waals surface area contributed by atoms with Gasteiger partial charge in [-0.15, -0.1) is 0 Å². The van der Waals surface area contributed by atoms with E-state index < -0.39 is 17.3 Å². The third-order valence-corrected chi connectivity index (χ3v) is 7.94. The Morgan fingerprint density at radius 3 is 2.60 bits per heavy atom. The Morgan fingerprint density at radius 2 is 1.88 bits per heavy atom. The molecule has 25 heavy (non-hydrogen) atoms. The summed E-state index contributed by atoms with van der Waals surface area (Å²) in [6.07, 6.45) is 6.68. The monoisotopic (exact) mass is 350 g/mol. The number of rotatable bonds is 1. The van der Waals surface area contributed by atoms with Gasteiger partial charge in [0.1, 0.15) is 17.3 Å². The Balaban J connectivity index is 1.67. The van der Waals surface area contributed by atoms with Crippen molar-refractivity contribution >= 4 is 5.97 Å². The molecule has 3 fully saturated rings. The minimum absolute atomic E-state index is 0.0178. The van der Waals surface area contributed by atoms with Crippen LogP contribution in [-0.4, -0.2) is 44.7 Å². The Labute approximate surface area is 149 Å². The van der Waals surface area contributed by atoms with Crippen molar-refractivity contribution in [3.05, 3.63) is 11.6 Å². The van der Waals surface area contributed by atoms with Gasteiger partial charge in [0.05, 0.1) is 6.10 Å². The lowest BCUT2D eigenvalue weighted by Crippen LogP contribution is -2.68. The second kappa shape index (κ2) is 5.54. The van der Waals surface area contributed by atoms with Crippen LogP contribution in [0.2, 0.25) is 0 Å². The molecule has 4 rings (SSSR count). The largest absolute Gasteiger partial charge is 0.462 e. The zero-order valence-corrected chi connectivity index (χ0v) is 15.2. The van der Waals surface area contributed by atoms with Crippen LogP contribution in [0, 0.1) is 17.3 Å². The maximum atomic E-state index is 11.7. The van der Waals surface area contributed by atoms with E-state index in [9.17, 15) is 20.1 Å². The molecule has 5 nitrogen and oxygen atoms in total. The predicted octanol–water partition coefficient (Wildman–Crippen LogP) is 2.08. The van der Waals surface area contributed by atoms with Crippen LogP contribution in [0.15, 0.2) is 11.6 Å². The molecule has 3 N–H and O–H groups in total. The van der Waals surface area contributed by atoms with Crippen LogP contribution < -0.4 is 0 Å². The summed E-state index contributed by atoms with van der Waals surface area (Å²) in [6.45, 7) is 3.65. The first-order valence-corrected chi connectivity index (χ1v) is 9.72. The molecule has 0 heterocycles. The molecule has 4 aliphatic carbocycles. The average Bonchev–Trinajstić information content (AvgIpc) is 2.86. The predicted molar refractivity (Wildman–Crippen MR) is 91.6 cm³/mol. The fraction of sp³-hybridized carbons (Fsp3) is 0.850. The minimum Gasteiger partial charge on any atom is -0.462 e. The maximum Gasteiger partial charge on any atom is 0.302 e. The molecule has 7 atom stereocenters. The van der Waals surface area contributed by atoms with E-state index in [1.807, 2.05) is 0 Å². The van der Waals surface area contributed by atoms with Crippen LogP contribution >= 0.6 is 0 Å². The lowest BCUT2D eigenvalue weighted by Gasteiger charge is -2.61. The molecule has 4 aliphatic rings. The molecule has 0 amide bonds.